The Balaban J connectivity index is 2.06. The van der Waals surface area contributed by atoms with Gasteiger partial charge in [-0.3, -0.25) is 4.79 Å². The van der Waals surface area contributed by atoms with Crippen molar-refractivity contribution in [2.75, 3.05) is 26.9 Å². The maximum Gasteiger partial charge on any atom is 0.235 e. The highest BCUT2D eigenvalue weighted by atomic mass is 16.5. The normalized spacial score (nSPS) is 17.1. The molecule has 1 aliphatic rings. The quantitative estimate of drug-likeness (QED) is 0.864. The van der Waals surface area contributed by atoms with Gasteiger partial charge in [-0.15, -0.1) is 0 Å². The van der Waals surface area contributed by atoms with Crippen LogP contribution in [0.4, 0.5) is 0 Å². The van der Waals surface area contributed by atoms with Crippen LogP contribution in [0.2, 0.25) is 0 Å². The van der Waals surface area contributed by atoms with Crippen LogP contribution in [0.3, 0.4) is 0 Å². The van der Waals surface area contributed by atoms with Gasteiger partial charge >= 0.3 is 0 Å². The van der Waals surface area contributed by atoms with E-state index >= 15 is 0 Å². The van der Waals surface area contributed by atoms with Gasteiger partial charge in [-0.25, -0.2) is 0 Å². The number of rotatable bonds is 4. The zero-order chi connectivity index (χ0) is 13.2. The van der Waals surface area contributed by atoms with Crippen molar-refractivity contribution in [3.05, 3.63) is 35.4 Å². The van der Waals surface area contributed by atoms with Gasteiger partial charge in [-0.2, -0.15) is 0 Å². The van der Waals surface area contributed by atoms with Gasteiger partial charge in [0.05, 0.1) is 19.8 Å². The molecule has 1 fully saturated rings. The minimum absolute atomic E-state index is 0.0421. The van der Waals surface area contributed by atoms with E-state index in [1.807, 2.05) is 31.2 Å². The average molecular weight is 249 g/mol. The third-order valence-electron chi connectivity index (χ3n) is 3.53. The number of benzene rings is 1. The largest absolute Gasteiger partial charge is 0.395 e. The number of ether oxygens (including phenoxy) is 1. The molecule has 0 bridgehead atoms. The van der Waals surface area contributed by atoms with E-state index in [9.17, 15) is 9.90 Å². The van der Waals surface area contributed by atoms with Crippen molar-refractivity contribution in [2.24, 2.45) is 5.41 Å². The molecule has 18 heavy (non-hydrogen) atoms. The van der Waals surface area contributed by atoms with Crippen molar-refractivity contribution in [1.29, 1.82) is 0 Å². The highest BCUT2D eigenvalue weighted by molar-refractivity contribution is 5.83. The smallest absolute Gasteiger partial charge is 0.235 e. The first-order valence-electron chi connectivity index (χ1n) is 6.08. The maximum atomic E-state index is 12.3. The second kappa shape index (κ2) is 5.08. The summed E-state index contributed by atoms with van der Waals surface area (Å²) in [6.07, 6.45) is 0. The molecule has 4 heteroatoms. The molecule has 1 aliphatic heterocycles. The van der Waals surface area contributed by atoms with Crippen molar-refractivity contribution in [2.45, 2.75) is 13.5 Å². The van der Waals surface area contributed by atoms with Gasteiger partial charge in [0, 0.05) is 13.6 Å². The van der Waals surface area contributed by atoms with Gasteiger partial charge in [0.2, 0.25) is 5.91 Å². The predicted molar refractivity (Wildman–Crippen MR) is 68.0 cm³/mol. The first kappa shape index (κ1) is 13.1. The Morgan fingerprint density at radius 3 is 2.61 bits per heavy atom. The fraction of sp³-hybridized carbons (Fsp3) is 0.500. The van der Waals surface area contributed by atoms with Gasteiger partial charge in [0.1, 0.15) is 5.41 Å². The summed E-state index contributed by atoms with van der Waals surface area (Å²) in [4.78, 5) is 13.9. The standard InChI is InChI=1S/C14H19NO3/c1-11-5-3-4-6-12(11)7-15(2)13(17)14(8-16)9-18-10-14/h3-6,16H,7-10H2,1-2H3. The van der Waals surface area contributed by atoms with Crippen LogP contribution in [0.25, 0.3) is 0 Å². The minimum Gasteiger partial charge on any atom is -0.395 e. The molecule has 0 saturated carbocycles. The second-order valence-electron chi connectivity index (χ2n) is 5.02. The van der Waals surface area contributed by atoms with Gasteiger partial charge in [0.15, 0.2) is 0 Å². The number of aliphatic hydroxyl groups is 1. The lowest BCUT2D eigenvalue weighted by Gasteiger charge is -2.40. The van der Waals surface area contributed by atoms with E-state index in [4.69, 9.17) is 4.74 Å². The minimum atomic E-state index is -0.711. The molecule has 0 radical (unpaired) electrons. The molecule has 0 spiro atoms. The maximum absolute atomic E-state index is 12.3. The number of carbonyl (C=O) groups excluding carboxylic acids is 1. The number of amides is 1. The fourth-order valence-corrected chi connectivity index (χ4v) is 2.15. The summed E-state index contributed by atoms with van der Waals surface area (Å²) in [5, 5.41) is 9.35. The summed E-state index contributed by atoms with van der Waals surface area (Å²) in [6.45, 7) is 3.08. The Bertz CT molecular complexity index is 435. The van der Waals surface area contributed by atoms with E-state index in [-0.39, 0.29) is 12.5 Å². The van der Waals surface area contributed by atoms with Gasteiger partial charge in [-0.1, -0.05) is 24.3 Å². The molecule has 0 aromatic heterocycles. The lowest BCUT2D eigenvalue weighted by Crippen LogP contribution is -2.56. The number of carbonyl (C=O) groups is 1. The van der Waals surface area contributed by atoms with Crippen LogP contribution in [0.5, 0.6) is 0 Å². The van der Waals surface area contributed by atoms with Crippen LogP contribution < -0.4 is 0 Å². The number of aliphatic hydroxyl groups excluding tert-OH is 1. The van der Waals surface area contributed by atoms with E-state index < -0.39 is 5.41 Å². The molecule has 0 atom stereocenters. The molecule has 4 nitrogen and oxygen atoms in total. The van der Waals surface area contributed by atoms with Gasteiger partial charge < -0.3 is 14.7 Å². The van der Waals surface area contributed by atoms with Crippen molar-refractivity contribution < 1.29 is 14.6 Å². The molecule has 1 amide bonds. The second-order valence-corrected chi connectivity index (χ2v) is 5.02. The highest BCUT2D eigenvalue weighted by Gasteiger charge is 2.46. The van der Waals surface area contributed by atoms with Crippen molar-refractivity contribution in [3.8, 4) is 0 Å². The van der Waals surface area contributed by atoms with Crippen LogP contribution in [-0.4, -0.2) is 42.8 Å². The van der Waals surface area contributed by atoms with Crippen LogP contribution in [0.15, 0.2) is 24.3 Å². The molecule has 98 valence electrons. The lowest BCUT2D eigenvalue weighted by molar-refractivity contribution is -0.179. The monoisotopic (exact) mass is 249 g/mol. The highest BCUT2D eigenvalue weighted by Crippen LogP contribution is 2.29. The molecule has 1 saturated heterocycles. The average Bonchev–Trinajstić information content (AvgIpc) is 2.31. The van der Waals surface area contributed by atoms with Gasteiger partial charge in [-0.05, 0) is 18.1 Å². The third kappa shape index (κ3) is 2.26. The van der Waals surface area contributed by atoms with E-state index in [0.29, 0.717) is 19.8 Å². The summed E-state index contributed by atoms with van der Waals surface area (Å²) < 4.78 is 5.07. The Labute approximate surface area is 107 Å². The summed E-state index contributed by atoms with van der Waals surface area (Å²) in [5.41, 5.74) is 1.58. The molecular formula is C14H19NO3. The van der Waals surface area contributed by atoms with Crippen molar-refractivity contribution >= 4 is 5.91 Å². The SMILES string of the molecule is Cc1ccccc1CN(C)C(=O)C1(CO)COC1. The van der Waals surface area contributed by atoms with Crippen LogP contribution in [-0.2, 0) is 16.1 Å². The molecule has 1 heterocycles. The molecule has 1 N–H and O–H groups in total. The van der Waals surface area contributed by atoms with Crippen LogP contribution in [0, 0.1) is 12.3 Å². The first-order valence-corrected chi connectivity index (χ1v) is 6.08. The fourth-order valence-electron chi connectivity index (χ4n) is 2.15. The molecule has 1 aromatic rings. The molecule has 0 aliphatic carbocycles. The summed E-state index contributed by atoms with van der Waals surface area (Å²) in [5.74, 6) is -0.0421. The van der Waals surface area contributed by atoms with E-state index in [2.05, 4.69) is 0 Å². The Hall–Kier alpha value is -1.39. The van der Waals surface area contributed by atoms with E-state index in [1.54, 1.807) is 11.9 Å². The first-order chi connectivity index (χ1) is 8.59. The van der Waals surface area contributed by atoms with Gasteiger partial charge in [0.25, 0.3) is 0 Å². The molecule has 1 aromatic carbocycles. The van der Waals surface area contributed by atoms with Crippen LogP contribution in [0.1, 0.15) is 11.1 Å². The Kier molecular flexibility index (Phi) is 3.68. The Morgan fingerprint density at radius 2 is 2.11 bits per heavy atom. The summed E-state index contributed by atoms with van der Waals surface area (Å²) in [6, 6.07) is 7.99. The Morgan fingerprint density at radius 1 is 1.44 bits per heavy atom. The topological polar surface area (TPSA) is 49.8 Å². The van der Waals surface area contributed by atoms with Crippen molar-refractivity contribution in [1.82, 2.24) is 4.90 Å². The number of aryl methyl sites for hydroxylation is 1. The van der Waals surface area contributed by atoms with Crippen molar-refractivity contribution in [3.63, 3.8) is 0 Å². The van der Waals surface area contributed by atoms with E-state index in [1.165, 1.54) is 5.56 Å². The number of nitrogens with zero attached hydrogens (tertiary/aromatic N) is 1. The zero-order valence-electron chi connectivity index (χ0n) is 10.8. The molecule has 0 unspecified atom stereocenters. The summed E-state index contributed by atoms with van der Waals surface area (Å²) >= 11 is 0. The molecular weight excluding hydrogens is 230 g/mol. The zero-order valence-corrected chi connectivity index (χ0v) is 10.8. The molecule has 2 rings (SSSR count). The number of hydrogen-bond acceptors (Lipinski definition) is 3. The third-order valence-corrected chi connectivity index (χ3v) is 3.53. The predicted octanol–water partition coefficient (Wildman–Crippen LogP) is 0.962. The van der Waals surface area contributed by atoms with E-state index in [0.717, 1.165) is 5.56 Å². The lowest BCUT2D eigenvalue weighted by atomic mass is 9.85. The van der Waals surface area contributed by atoms with Crippen LogP contribution >= 0.6 is 0 Å². The number of hydrogen-bond donors (Lipinski definition) is 1. The summed E-state index contributed by atoms with van der Waals surface area (Å²) in [7, 11) is 1.77.